The van der Waals surface area contributed by atoms with E-state index in [1.165, 1.54) is 11.7 Å². The van der Waals surface area contributed by atoms with Gasteiger partial charge in [-0.2, -0.15) is 13.2 Å². The number of methoxy groups -OCH3 is 1. The van der Waals surface area contributed by atoms with E-state index in [0.717, 1.165) is 30.0 Å². The summed E-state index contributed by atoms with van der Waals surface area (Å²) in [5.41, 5.74) is -0.752. The number of hydrogen-bond donors (Lipinski definition) is 1. The number of anilines is 1. The maximum atomic E-state index is 13.2. The van der Waals surface area contributed by atoms with Crippen molar-refractivity contribution in [2.24, 2.45) is 0 Å². The minimum absolute atomic E-state index is 0.0892. The molecule has 2 aromatic carbocycles. The molecule has 0 fully saturated rings. The van der Waals surface area contributed by atoms with Crippen molar-refractivity contribution in [2.45, 2.75) is 31.2 Å². The average molecular weight is 496 g/mol. The monoisotopic (exact) mass is 495 g/mol. The molecule has 7 nitrogen and oxygen atoms in total. The van der Waals surface area contributed by atoms with E-state index >= 15 is 0 Å². The first-order valence-electron chi connectivity index (χ1n) is 10.4. The quantitative estimate of drug-likeness (QED) is 0.262. The lowest BCUT2D eigenvalue weighted by atomic mass is 10.1. The van der Waals surface area contributed by atoms with Gasteiger partial charge in [-0.3, -0.25) is 14.2 Å². The Hall–Kier alpha value is -3.05. The summed E-state index contributed by atoms with van der Waals surface area (Å²) in [6, 6.07) is 9.55. The Bertz CT molecular complexity index is 1230. The van der Waals surface area contributed by atoms with E-state index in [0.29, 0.717) is 16.1 Å². The number of hydrogen-bond acceptors (Lipinski definition) is 6. The lowest BCUT2D eigenvalue weighted by Crippen LogP contribution is -2.25. The van der Waals surface area contributed by atoms with Gasteiger partial charge in [0, 0.05) is 13.2 Å². The van der Waals surface area contributed by atoms with Gasteiger partial charge < -0.3 is 14.8 Å². The minimum atomic E-state index is -4.58. The number of ether oxygens (including phenoxy) is 2. The Morgan fingerprint density at radius 3 is 2.59 bits per heavy atom. The number of nitrogens with zero attached hydrogens (tertiary/aromatic N) is 2. The molecule has 34 heavy (non-hydrogen) atoms. The Labute approximate surface area is 198 Å². The molecule has 11 heteroatoms. The maximum Gasteiger partial charge on any atom is 0.416 e. The number of thioether (sulfide) groups is 1. The van der Waals surface area contributed by atoms with E-state index in [9.17, 15) is 22.8 Å². The fourth-order valence-electron chi connectivity index (χ4n) is 3.16. The Morgan fingerprint density at radius 1 is 1.18 bits per heavy atom. The van der Waals surface area contributed by atoms with Gasteiger partial charge in [-0.15, -0.1) is 0 Å². The molecule has 0 bridgehead atoms. The summed E-state index contributed by atoms with van der Waals surface area (Å²) in [6.45, 7) is 3.98. The Morgan fingerprint density at radius 2 is 1.91 bits per heavy atom. The van der Waals surface area contributed by atoms with Crippen molar-refractivity contribution in [1.82, 2.24) is 9.55 Å². The van der Waals surface area contributed by atoms with Gasteiger partial charge in [0.2, 0.25) is 5.91 Å². The van der Waals surface area contributed by atoms with Crippen LogP contribution in [0, 0.1) is 0 Å². The highest BCUT2D eigenvalue weighted by atomic mass is 32.2. The summed E-state index contributed by atoms with van der Waals surface area (Å²) in [5.74, 6) is -0.657. The van der Waals surface area contributed by atoms with Crippen LogP contribution in [-0.4, -0.2) is 41.5 Å². The molecule has 0 unspecified atom stereocenters. The number of alkyl halides is 3. The number of rotatable bonds is 9. The van der Waals surface area contributed by atoms with Crippen LogP contribution in [0.3, 0.4) is 0 Å². The molecule has 1 amide bonds. The molecule has 3 aromatic rings. The predicted molar refractivity (Wildman–Crippen MR) is 125 cm³/mol. The fourth-order valence-corrected chi connectivity index (χ4v) is 4.09. The van der Waals surface area contributed by atoms with E-state index in [4.69, 9.17) is 9.47 Å². The molecule has 0 aliphatic heterocycles. The van der Waals surface area contributed by atoms with Gasteiger partial charge in [-0.1, -0.05) is 23.9 Å². The zero-order chi connectivity index (χ0) is 24.9. The standard InChI is InChI=1S/C23H24F3N3O4S/c1-14(2)29-21(31)16-6-4-5-7-17(16)28-22(29)34-13-20(30)27-18-12-15(23(24,25)26)8-9-19(18)33-11-10-32-3/h4-9,12,14H,10-11,13H2,1-3H3,(H,27,30). The largest absolute Gasteiger partial charge is 0.489 e. The molecule has 1 N–H and O–H groups in total. The van der Waals surface area contributed by atoms with Crippen molar-refractivity contribution in [3.8, 4) is 5.75 Å². The van der Waals surface area contributed by atoms with E-state index in [1.807, 2.05) is 13.8 Å². The van der Waals surface area contributed by atoms with Gasteiger partial charge in [0.05, 0.1) is 34.5 Å². The van der Waals surface area contributed by atoms with Crippen LogP contribution in [0.15, 0.2) is 52.4 Å². The molecule has 182 valence electrons. The van der Waals surface area contributed by atoms with E-state index < -0.39 is 17.6 Å². The summed E-state index contributed by atoms with van der Waals surface area (Å²) < 4.78 is 51.4. The number of aromatic nitrogens is 2. The van der Waals surface area contributed by atoms with Crippen LogP contribution < -0.4 is 15.6 Å². The molecule has 0 aliphatic rings. The van der Waals surface area contributed by atoms with Crippen molar-refractivity contribution >= 4 is 34.3 Å². The first kappa shape index (κ1) is 25.6. The first-order chi connectivity index (χ1) is 16.1. The highest BCUT2D eigenvalue weighted by Crippen LogP contribution is 2.35. The molecule has 1 aromatic heterocycles. The number of benzene rings is 2. The van der Waals surface area contributed by atoms with Crippen molar-refractivity contribution in [1.29, 1.82) is 0 Å². The van der Waals surface area contributed by atoms with Crippen LogP contribution in [0.5, 0.6) is 5.75 Å². The third-order valence-corrected chi connectivity index (χ3v) is 5.70. The van der Waals surface area contributed by atoms with Gasteiger partial charge in [0.15, 0.2) is 5.16 Å². The Kier molecular flexibility index (Phi) is 8.21. The zero-order valence-corrected chi connectivity index (χ0v) is 19.6. The third-order valence-electron chi connectivity index (χ3n) is 4.75. The van der Waals surface area contributed by atoms with Crippen LogP contribution in [0.2, 0.25) is 0 Å². The van der Waals surface area contributed by atoms with Crippen molar-refractivity contribution in [3.63, 3.8) is 0 Å². The van der Waals surface area contributed by atoms with Gasteiger partial charge in [-0.05, 0) is 44.2 Å². The summed E-state index contributed by atoms with van der Waals surface area (Å²) in [6.07, 6.45) is -4.58. The number of nitrogens with one attached hydrogen (secondary N) is 1. The zero-order valence-electron chi connectivity index (χ0n) is 18.8. The predicted octanol–water partition coefficient (Wildman–Crippen LogP) is 4.75. The summed E-state index contributed by atoms with van der Waals surface area (Å²) in [5, 5.41) is 3.29. The van der Waals surface area contributed by atoms with Crippen LogP contribution in [-0.2, 0) is 15.7 Å². The highest BCUT2D eigenvalue weighted by Gasteiger charge is 2.31. The molecular formula is C23H24F3N3O4S. The highest BCUT2D eigenvalue weighted by molar-refractivity contribution is 7.99. The smallest absolute Gasteiger partial charge is 0.416 e. The Balaban J connectivity index is 1.83. The number of carbonyl (C=O) groups excluding carboxylic acids is 1. The summed E-state index contributed by atoms with van der Waals surface area (Å²) in [7, 11) is 1.47. The average Bonchev–Trinajstić information content (AvgIpc) is 2.78. The van der Waals surface area contributed by atoms with E-state index in [1.54, 1.807) is 24.3 Å². The number of carbonyl (C=O) groups is 1. The first-order valence-corrected chi connectivity index (χ1v) is 11.4. The maximum absolute atomic E-state index is 13.2. The van der Waals surface area contributed by atoms with Crippen LogP contribution in [0.25, 0.3) is 10.9 Å². The van der Waals surface area contributed by atoms with Crippen molar-refractivity contribution in [3.05, 3.63) is 58.4 Å². The second-order valence-corrected chi connectivity index (χ2v) is 8.51. The molecule has 0 aliphatic carbocycles. The minimum Gasteiger partial charge on any atom is -0.489 e. The molecule has 0 saturated heterocycles. The summed E-state index contributed by atoms with van der Waals surface area (Å²) in [4.78, 5) is 30.1. The summed E-state index contributed by atoms with van der Waals surface area (Å²) >= 11 is 1.03. The SMILES string of the molecule is COCCOc1ccc(C(F)(F)F)cc1NC(=O)CSc1nc2ccccc2c(=O)n1C(C)C. The lowest BCUT2D eigenvalue weighted by Gasteiger charge is -2.17. The molecular weight excluding hydrogens is 471 g/mol. The molecule has 0 saturated carbocycles. The number of halogens is 3. The second-order valence-electron chi connectivity index (χ2n) is 7.57. The molecule has 0 atom stereocenters. The van der Waals surface area contributed by atoms with Crippen molar-refractivity contribution < 1.29 is 27.4 Å². The molecule has 1 heterocycles. The van der Waals surface area contributed by atoms with Gasteiger partial charge >= 0.3 is 6.18 Å². The van der Waals surface area contributed by atoms with Crippen LogP contribution in [0.4, 0.5) is 18.9 Å². The molecule has 0 spiro atoms. The normalized spacial score (nSPS) is 11.7. The third kappa shape index (κ3) is 6.09. The fraction of sp³-hybridized carbons (Fsp3) is 0.348. The molecule has 3 rings (SSSR count). The van der Waals surface area contributed by atoms with Crippen LogP contribution in [0.1, 0.15) is 25.5 Å². The lowest BCUT2D eigenvalue weighted by molar-refractivity contribution is -0.137. The van der Waals surface area contributed by atoms with E-state index in [-0.39, 0.29) is 42.0 Å². The van der Waals surface area contributed by atoms with Gasteiger partial charge in [0.25, 0.3) is 5.56 Å². The van der Waals surface area contributed by atoms with Crippen LogP contribution >= 0.6 is 11.8 Å². The topological polar surface area (TPSA) is 82.5 Å². The number of amides is 1. The van der Waals surface area contributed by atoms with Gasteiger partial charge in [0.1, 0.15) is 12.4 Å². The second kappa shape index (κ2) is 10.9. The van der Waals surface area contributed by atoms with Gasteiger partial charge in [-0.25, -0.2) is 4.98 Å². The number of para-hydroxylation sites is 1. The van der Waals surface area contributed by atoms with E-state index in [2.05, 4.69) is 10.3 Å². The van der Waals surface area contributed by atoms with Crippen molar-refractivity contribution in [2.75, 3.05) is 31.4 Å². The molecule has 0 radical (unpaired) electrons. The number of fused-ring (bicyclic) bond motifs is 1.